The van der Waals surface area contributed by atoms with Gasteiger partial charge in [0, 0.05) is 23.1 Å². The maximum Gasteiger partial charge on any atom is 0.335 e. The minimum Gasteiger partial charge on any atom is -0.497 e. The smallest absolute Gasteiger partial charge is 0.335 e. The van der Waals surface area contributed by atoms with Crippen LogP contribution in [0.1, 0.15) is 35.3 Å². The van der Waals surface area contributed by atoms with Crippen LogP contribution < -0.4 is 21.3 Å². The number of nitrogens with zero attached hydrogens (tertiary/aromatic N) is 1. The van der Waals surface area contributed by atoms with Gasteiger partial charge in [0.25, 0.3) is 5.56 Å². The second-order valence-electron chi connectivity index (χ2n) is 7.92. The summed E-state index contributed by atoms with van der Waals surface area (Å²) in [5.41, 5.74) is 3.18. The van der Waals surface area contributed by atoms with Gasteiger partial charge < -0.3 is 20.1 Å². The van der Waals surface area contributed by atoms with Gasteiger partial charge in [-0.3, -0.25) is 9.78 Å². The quantitative estimate of drug-likeness (QED) is 0.396. The zero-order chi connectivity index (χ0) is 22.4. The van der Waals surface area contributed by atoms with Crippen LogP contribution in [0.5, 0.6) is 11.6 Å². The van der Waals surface area contributed by atoms with Crippen molar-refractivity contribution in [3.8, 4) is 17.3 Å². The third-order valence-corrected chi connectivity index (χ3v) is 6.17. The Hall–Kier alpha value is -3.78. The van der Waals surface area contributed by atoms with E-state index in [0.29, 0.717) is 12.2 Å². The van der Waals surface area contributed by atoms with E-state index in [2.05, 4.69) is 15.3 Å². The lowest BCUT2D eigenvalue weighted by atomic mass is 9.95. The molecule has 8 heteroatoms. The Morgan fingerprint density at radius 2 is 1.91 bits per heavy atom. The molecule has 0 saturated heterocycles. The maximum atomic E-state index is 12.9. The number of nitrogens with one attached hydrogen (secondary N) is 3. The van der Waals surface area contributed by atoms with Gasteiger partial charge in [0.15, 0.2) is 0 Å². The first-order chi connectivity index (χ1) is 15.5. The van der Waals surface area contributed by atoms with Crippen molar-refractivity contribution in [3.63, 3.8) is 0 Å². The zero-order valence-corrected chi connectivity index (χ0v) is 17.9. The first-order valence-electron chi connectivity index (χ1n) is 10.6. The monoisotopic (exact) mass is 432 g/mol. The minimum atomic E-state index is -0.682. The van der Waals surface area contributed by atoms with Gasteiger partial charge in [-0.05, 0) is 54.3 Å². The van der Waals surface area contributed by atoms with Crippen LogP contribution in [-0.2, 0) is 12.8 Å². The second-order valence-corrected chi connectivity index (χ2v) is 7.92. The molecule has 1 aliphatic heterocycles. The Kier molecular flexibility index (Phi) is 4.86. The largest absolute Gasteiger partial charge is 0.497 e. The van der Waals surface area contributed by atoms with Crippen LogP contribution in [0, 0.1) is 0 Å². The number of aryl methyl sites for hydroxylation is 1. The summed E-state index contributed by atoms with van der Waals surface area (Å²) in [5, 5.41) is 15.5. The fourth-order valence-corrected chi connectivity index (χ4v) is 4.50. The van der Waals surface area contributed by atoms with Crippen LogP contribution >= 0.6 is 0 Å². The first kappa shape index (κ1) is 20.1. The molecule has 4 N–H and O–H groups in total. The van der Waals surface area contributed by atoms with Gasteiger partial charge in [0.05, 0.1) is 18.8 Å². The number of methoxy groups -OCH3 is 1. The molecule has 4 aromatic rings. The van der Waals surface area contributed by atoms with Gasteiger partial charge in [0.2, 0.25) is 5.88 Å². The van der Waals surface area contributed by atoms with Crippen molar-refractivity contribution in [2.45, 2.75) is 25.8 Å². The third kappa shape index (κ3) is 3.11. The molecule has 0 aliphatic carbocycles. The highest BCUT2D eigenvalue weighted by atomic mass is 16.5. The normalized spacial score (nSPS) is 15.6. The molecule has 0 unspecified atom stereocenters. The summed E-state index contributed by atoms with van der Waals surface area (Å²) in [6.45, 7) is 2.66. The summed E-state index contributed by atoms with van der Waals surface area (Å²) < 4.78 is 6.50. The fourth-order valence-electron chi connectivity index (χ4n) is 4.50. The number of aromatic nitrogens is 3. The van der Waals surface area contributed by atoms with Crippen LogP contribution in [-0.4, -0.2) is 33.3 Å². The van der Waals surface area contributed by atoms with Crippen molar-refractivity contribution in [2.75, 3.05) is 13.7 Å². The van der Waals surface area contributed by atoms with Crippen LogP contribution in [0.25, 0.3) is 16.6 Å². The number of hydrogen-bond donors (Lipinski definition) is 4. The average molecular weight is 432 g/mol. The molecule has 0 saturated carbocycles. The predicted octanol–water partition coefficient (Wildman–Crippen LogP) is 2.52. The van der Waals surface area contributed by atoms with E-state index < -0.39 is 17.3 Å². The van der Waals surface area contributed by atoms with Crippen LogP contribution in [0.3, 0.4) is 0 Å². The molecule has 5 rings (SSSR count). The molecule has 2 aromatic heterocycles. The fraction of sp³-hybridized carbons (Fsp3) is 0.250. The molecule has 8 nitrogen and oxygen atoms in total. The van der Waals surface area contributed by atoms with Gasteiger partial charge in [-0.1, -0.05) is 19.1 Å². The lowest BCUT2D eigenvalue weighted by Crippen LogP contribution is -2.38. The number of hydrogen-bond acceptors (Lipinski definition) is 5. The summed E-state index contributed by atoms with van der Waals surface area (Å²) in [6.07, 6.45) is 1.62. The molecule has 2 aromatic carbocycles. The predicted molar refractivity (Wildman–Crippen MR) is 122 cm³/mol. The number of fused-ring (bicyclic) bond motifs is 3. The van der Waals surface area contributed by atoms with Crippen molar-refractivity contribution in [2.24, 2.45) is 0 Å². The van der Waals surface area contributed by atoms with E-state index in [9.17, 15) is 14.7 Å². The SMILES string of the molecule is CCc1ccc(-n2c(O)c([C@H]3NCCc4c3[nH]c3ccc(OC)cc43)c(=O)[nH]c2=O)cc1. The van der Waals surface area contributed by atoms with E-state index in [0.717, 1.165) is 50.9 Å². The Bertz CT molecular complexity index is 1430. The van der Waals surface area contributed by atoms with Gasteiger partial charge in [-0.15, -0.1) is 0 Å². The van der Waals surface area contributed by atoms with Gasteiger partial charge in [-0.25, -0.2) is 9.36 Å². The molecule has 0 bridgehead atoms. The Morgan fingerprint density at radius 1 is 1.12 bits per heavy atom. The van der Waals surface area contributed by atoms with Crippen molar-refractivity contribution < 1.29 is 9.84 Å². The van der Waals surface area contributed by atoms with Gasteiger partial charge in [0.1, 0.15) is 11.3 Å². The highest BCUT2D eigenvalue weighted by molar-refractivity contribution is 5.86. The molecular formula is C24H24N4O4. The number of aromatic hydroxyl groups is 1. The first-order valence-corrected chi connectivity index (χ1v) is 10.6. The summed E-state index contributed by atoms with van der Waals surface area (Å²) in [4.78, 5) is 31.2. The standard InChI is InChI=1S/C24H24N4O4/c1-3-13-4-6-14(7-5-13)28-23(30)19(22(29)27-24(28)31)21-20-16(10-11-25-21)17-12-15(32-2)8-9-18(17)26-20/h4-9,12,21,25-26,30H,3,10-11H2,1-2H3,(H,27,29,31)/t21-/m1/s1. The van der Waals surface area contributed by atoms with Crippen molar-refractivity contribution >= 4 is 10.9 Å². The number of rotatable bonds is 4. The Balaban J connectivity index is 1.69. The third-order valence-electron chi connectivity index (χ3n) is 6.17. The van der Waals surface area contributed by atoms with Gasteiger partial charge in [-0.2, -0.15) is 0 Å². The molecular weight excluding hydrogens is 408 g/mol. The molecule has 1 aliphatic rings. The average Bonchev–Trinajstić information content (AvgIpc) is 3.18. The molecule has 0 radical (unpaired) electrons. The summed E-state index contributed by atoms with van der Waals surface area (Å²) >= 11 is 0. The van der Waals surface area contributed by atoms with Crippen molar-refractivity contribution in [1.29, 1.82) is 0 Å². The summed E-state index contributed by atoms with van der Waals surface area (Å²) in [6, 6.07) is 12.5. The minimum absolute atomic E-state index is 0.101. The van der Waals surface area contributed by atoms with Crippen molar-refractivity contribution in [1.82, 2.24) is 19.9 Å². The van der Waals surface area contributed by atoms with E-state index in [1.165, 1.54) is 0 Å². The lowest BCUT2D eigenvalue weighted by Gasteiger charge is -2.25. The Morgan fingerprint density at radius 3 is 2.62 bits per heavy atom. The highest BCUT2D eigenvalue weighted by Gasteiger charge is 2.31. The second kappa shape index (κ2) is 7.72. The van der Waals surface area contributed by atoms with E-state index in [4.69, 9.17) is 4.74 Å². The van der Waals surface area contributed by atoms with Crippen molar-refractivity contribution in [3.05, 3.63) is 85.7 Å². The molecule has 0 spiro atoms. The van der Waals surface area contributed by atoms with Crippen LogP contribution in [0.2, 0.25) is 0 Å². The number of H-pyrrole nitrogens is 2. The highest BCUT2D eigenvalue weighted by Crippen LogP contribution is 2.36. The van der Waals surface area contributed by atoms with E-state index in [1.54, 1.807) is 19.2 Å². The maximum absolute atomic E-state index is 12.9. The lowest BCUT2D eigenvalue weighted by molar-refractivity contribution is 0.409. The topological polar surface area (TPSA) is 112 Å². The zero-order valence-electron chi connectivity index (χ0n) is 17.9. The summed E-state index contributed by atoms with van der Waals surface area (Å²) in [7, 11) is 1.62. The van der Waals surface area contributed by atoms with E-state index in [-0.39, 0.29) is 11.4 Å². The number of ether oxygens (including phenoxy) is 1. The molecule has 0 amide bonds. The summed E-state index contributed by atoms with van der Waals surface area (Å²) in [5.74, 6) is 0.378. The molecule has 32 heavy (non-hydrogen) atoms. The molecule has 1 atom stereocenters. The van der Waals surface area contributed by atoms with E-state index in [1.807, 2.05) is 37.3 Å². The van der Waals surface area contributed by atoms with Crippen LogP contribution in [0.15, 0.2) is 52.1 Å². The Labute approximate surface area is 183 Å². The number of aromatic amines is 2. The molecule has 164 valence electrons. The van der Waals surface area contributed by atoms with E-state index >= 15 is 0 Å². The molecule has 0 fully saturated rings. The van der Waals surface area contributed by atoms with Gasteiger partial charge >= 0.3 is 5.69 Å². The number of benzene rings is 2. The molecule has 3 heterocycles. The van der Waals surface area contributed by atoms with Crippen LogP contribution in [0.4, 0.5) is 0 Å².